The molecule has 9 nitrogen and oxygen atoms in total. The third kappa shape index (κ3) is 8.60. The molecule has 10 heteroatoms. The van der Waals surface area contributed by atoms with Gasteiger partial charge in [-0.3, -0.25) is 24.7 Å². The molecule has 4 N–H and O–H groups in total. The molecule has 1 aliphatic rings. The molecule has 0 saturated heterocycles. The predicted octanol–water partition coefficient (Wildman–Crippen LogP) is 3.66. The number of guanidine groups is 1. The lowest BCUT2D eigenvalue weighted by atomic mass is 9.94. The number of benzene rings is 2. The lowest BCUT2D eigenvalue weighted by molar-refractivity contribution is -0.115. The van der Waals surface area contributed by atoms with Crippen LogP contribution in [0.15, 0.2) is 100 Å². The van der Waals surface area contributed by atoms with E-state index < -0.39 is 0 Å². The topological polar surface area (TPSA) is 128 Å². The summed E-state index contributed by atoms with van der Waals surface area (Å²) in [5, 5.41) is 9.22. The number of halogens is 1. The number of nitrogens with one attached hydrogen (secondary N) is 4. The van der Waals surface area contributed by atoms with Crippen LogP contribution in [-0.4, -0.2) is 53.0 Å². The molecule has 1 heterocycles. The fourth-order valence-electron chi connectivity index (χ4n) is 4.08. The van der Waals surface area contributed by atoms with Crippen molar-refractivity contribution in [3.8, 4) is 0 Å². The van der Waals surface area contributed by atoms with Crippen molar-refractivity contribution in [3.63, 3.8) is 0 Å². The summed E-state index contributed by atoms with van der Waals surface area (Å²) in [6, 6.07) is 16.6. The number of aryl methyl sites for hydroxylation is 1. The number of hydrogen-bond donors (Lipinski definition) is 4. The highest BCUT2D eigenvalue weighted by Gasteiger charge is 2.22. The van der Waals surface area contributed by atoms with Gasteiger partial charge in [-0.05, 0) is 61.2 Å². The van der Waals surface area contributed by atoms with Crippen LogP contribution < -0.4 is 16.0 Å². The van der Waals surface area contributed by atoms with Crippen molar-refractivity contribution in [2.24, 2.45) is 4.99 Å². The Morgan fingerprint density at radius 1 is 0.950 bits per heavy atom. The second-order valence-corrected chi connectivity index (χ2v) is 10.1. The van der Waals surface area contributed by atoms with E-state index in [2.05, 4.69) is 46.8 Å². The smallest absolute Gasteiger partial charge is 0.257 e. The molecule has 0 saturated carbocycles. The van der Waals surface area contributed by atoms with Crippen LogP contribution >= 0.6 is 15.9 Å². The van der Waals surface area contributed by atoms with E-state index in [1.54, 1.807) is 30.6 Å². The molecule has 0 unspecified atom stereocenters. The predicted molar refractivity (Wildman–Crippen MR) is 158 cm³/mol. The maximum Gasteiger partial charge on any atom is 0.257 e. The number of aliphatic imine (C=N–C) groups is 1. The van der Waals surface area contributed by atoms with Gasteiger partial charge in [-0.2, -0.15) is 0 Å². The zero-order valence-corrected chi connectivity index (χ0v) is 23.5. The molecule has 0 bridgehead atoms. The Bertz CT molecular complexity index is 1400. The Morgan fingerprint density at radius 2 is 1.73 bits per heavy atom. The molecule has 0 aliphatic heterocycles. The van der Waals surface area contributed by atoms with Gasteiger partial charge in [-0.15, -0.1) is 0 Å². The second-order valence-electron chi connectivity index (χ2n) is 9.14. The number of carbonyl (C=O) groups is 3. The zero-order valence-electron chi connectivity index (χ0n) is 22.0. The van der Waals surface area contributed by atoms with E-state index in [0.29, 0.717) is 55.3 Å². The number of rotatable bonds is 12. The van der Waals surface area contributed by atoms with Crippen molar-refractivity contribution >= 4 is 39.4 Å². The first kappa shape index (κ1) is 28.7. The van der Waals surface area contributed by atoms with Crippen LogP contribution in [0.1, 0.15) is 34.5 Å². The third-order valence-corrected chi connectivity index (χ3v) is 6.69. The van der Waals surface area contributed by atoms with Crippen molar-refractivity contribution in [1.82, 2.24) is 25.9 Å². The standard InChI is InChI=1S/C30H31BrN6O3/c31-23-11-9-21(10-12-23)18-25-26(38)13-14-27(39)28(25)33-16-5-17-35-30(34-15-4-8-24-19-32-20-36-24)37-29(40)22-6-2-1-3-7-22/h1-3,6-7,9-14,19-20,33H,4-5,8,15-18H2,(H,32,36)(H2,34,35,37,40). The second kappa shape index (κ2) is 14.7. The molecule has 1 amide bonds. The number of aromatic nitrogens is 2. The van der Waals surface area contributed by atoms with Gasteiger partial charge in [0.2, 0.25) is 5.78 Å². The number of ketones is 2. The van der Waals surface area contributed by atoms with Gasteiger partial charge in [0, 0.05) is 47.9 Å². The average Bonchev–Trinajstić information content (AvgIpc) is 3.49. The van der Waals surface area contributed by atoms with Crippen LogP contribution in [0.5, 0.6) is 0 Å². The van der Waals surface area contributed by atoms with E-state index in [-0.39, 0.29) is 17.5 Å². The average molecular weight is 604 g/mol. The summed E-state index contributed by atoms with van der Waals surface area (Å²) in [6.07, 6.45) is 8.69. The summed E-state index contributed by atoms with van der Waals surface area (Å²) in [4.78, 5) is 49.6. The van der Waals surface area contributed by atoms with Crippen molar-refractivity contribution in [1.29, 1.82) is 0 Å². The number of amides is 1. The molecular weight excluding hydrogens is 572 g/mol. The van der Waals surface area contributed by atoms with Crippen molar-refractivity contribution < 1.29 is 14.4 Å². The molecule has 2 aromatic carbocycles. The Labute approximate surface area is 241 Å². The van der Waals surface area contributed by atoms with Crippen molar-refractivity contribution in [2.45, 2.75) is 25.7 Å². The van der Waals surface area contributed by atoms with Gasteiger partial charge in [-0.25, -0.2) is 4.98 Å². The Morgan fingerprint density at radius 3 is 2.48 bits per heavy atom. The Kier molecular flexibility index (Phi) is 10.6. The van der Waals surface area contributed by atoms with E-state index in [1.807, 2.05) is 36.5 Å². The van der Waals surface area contributed by atoms with Gasteiger partial charge in [0.1, 0.15) is 0 Å². The van der Waals surface area contributed by atoms with Crippen LogP contribution in [0.25, 0.3) is 0 Å². The largest absolute Gasteiger partial charge is 0.381 e. The van der Waals surface area contributed by atoms with E-state index in [4.69, 9.17) is 0 Å². The maximum absolute atomic E-state index is 12.7. The van der Waals surface area contributed by atoms with Gasteiger partial charge in [0.05, 0.1) is 17.7 Å². The van der Waals surface area contributed by atoms with Crippen molar-refractivity contribution in [3.05, 3.63) is 112 Å². The van der Waals surface area contributed by atoms with E-state index in [9.17, 15) is 14.4 Å². The van der Waals surface area contributed by atoms with Gasteiger partial charge in [0.25, 0.3) is 5.91 Å². The highest BCUT2D eigenvalue weighted by Crippen LogP contribution is 2.19. The molecule has 0 spiro atoms. The quantitative estimate of drug-likeness (QED) is 0.108. The maximum atomic E-state index is 12.7. The molecule has 1 aliphatic carbocycles. The van der Waals surface area contributed by atoms with E-state index in [0.717, 1.165) is 28.6 Å². The highest BCUT2D eigenvalue weighted by molar-refractivity contribution is 9.10. The fourth-order valence-corrected chi connectivity index (χ4v) is 4.34. The molecule has 40 heavy (non-hydrogen) atoms. The number of aromatic amines is 1. The summed E-state index contributed by atoms with van der Waals surface area (Å²) in [7, 11) is 0. The summed E-state index contributed by atoms with van der Waals surface area (Å²) < 4.78 is 0.946. The third-order valence-electron chi connectivity index (χ3n) is 6.16. The van der Waals surface area contributed by atoms with Gasteiger partial charge in [-0.1, -0.05) is 46.3 Å². The normalized spacial score (nSPS) is 13.5. The lowest BCUT2D eigenvalue weighted by Gasteiger charge is -2.17. The fraction of sp³-hybridized carbons (Fsp3) is 0.233. The van der Waals surface area contributed by atoms with Crippen LogP contribution in [-0.2, 0) is 22.4 Å². The Hall–Kier alpha value is -4.31. The highest BCUT2D eigenvalue weighted by atomic mass is 79.9. The first-order chi connectivity index (χ1) is 19.5. The van der Waals surface area contributed by atoms with E-state index in [1.165, 1.54) is 12.2 Å². The number of carbonyl (C=O) groups excluding carboxylic acids is 3. The van der Waals surface area contributed by atoms with Crippen LogP contribution in [0, 0.1) is 0 Å². The summed E-state index contributed by atoms with van der Waals surface area (Å²) in [5.74, 6) is -0.256. The molecule has 0 radical (unpaired) electrons. The number of hydrogen-bond acceptors (Lipinski definition) is 6. The number of H-pyrrole nitrogens is 1. The lowest BCUT2D eigenvalue weighted by Crippen LogP contribution is -2.41. The summed E-state index contributed by atoms with van der Waals surface area (Å²) in [6.45, 7) is 1.44. The van der Waals surface area contributed by atoms with Crippen LogP contribution in [0.3, 0.4) is 0 Å². The van der Waals surface area contributed by atoms with Gasteiger partial charge < -0.3 is 15.6 Å². The molecule has 1 aromatic heterocycles. The first-order valence-electron chi connectivity index (χ1n) is 13.1. The molecule has 206 valence electrons. The van der Waals surface area contributed by atoms with E-state index >= 15 is 0 Å². The zero-order chi connectivity index (χ0) is 28.2. The minimum Gasteiger partial charge on any atom is -0.381 e. The Balaban J connectivity index is 1.34. The number of nitrogens with zero attached hydrogens (tertiary/aromatic N) is 2. The summed E-state index contributed by atoms with van der Waals surface area (Å²) >= 11 is 3.41. The number of allylic oxidation sites excluding steroid dienone is 3. The van der Waals surface area contributed by atoms with Crippen molar-refractivity contribution in [2.75, 3.05) is 19.6 Å². The first-order valence-corrected chi connectivity index (χ1v) is 13.9. The molecule has 0 atom stereocenters. The monoisotopic (exact) mass is 602 g/mol. The summed E-state index contributed by atoms with van der Waals surface area (Å²) in [5.41, 5.74) is 3.23. The van der Waals surface area contributed by atoms with Gasteiger partial charge in [0.15, 0.2) is 11.7 Å². The molecule has 0 fully saturated rings. The van der Waals surface area contributed by atoms with Crippen LogP contribution in [0.2, 0.25) is 0 Å². The minimum absolute atomic E-state index is 0.173. The minimum atomic E-state index is -0.252. The van der Waals surface area contributed by atoms with Crippen LogP contribution in [0.4, 0.5) is 0 Å². The molecule has 3 aromatic rings. The number of imidazole rings is 1. The molecule has 4 rings (SSSR count). The SMILES string of the molecule is O=C1C=CC(=O)C(NCCC/N=C(\NCCCc2c[nH]cn2)NC(=O)c2ccccc2)=C1Cc1ccc(Br)cc1. The van der Waals surface area contributed by atoms with Gasteiger partial charge >= 0.3 is 0 Å². The molecular formula is C30H31BrN6O3.